The van der Waals surface area contributed by atoms with E-state index >= 15 is 0 Å². The lowest BCUT2D eigenvalue weighted by atomic mass is 9.97. The van der Waals surface area contributed by atoms with E-state index in [0.717, 1.165) is 18.7 Å². The predicted octanol–water partition coefficient (Wildman–Crippen LogP) is 5.43. The maximum absolute atomic E-state index is 13.2. The summed E-state index contributed by atoms with van der Waals surface area (Å²) < 4.78 is 13.2. The molecule has 0 saturated carbocycles. The van der Waals surface area contributed by atoms with E-state index in [1.165, 1.54) is 49.5 Å². The quantitative estimate of drug-likeness (QED) is 0.664. The van der Waals surface area contributed by atoms with Gasteiger partial charge in [-0.2, -0.15) is 0 Å². The van der Waals surface area contributed by atoms with Crippen LogP contribution in [0.3, 0.4) is 0 Å². The SMILES string of the molecule is O=C(Nc1ccc(F)c(Cl)c1)c1cc(NCCC2=CCCCC2)ccn1. The molecular formula is C20H21ClFN3O. The highest BCUT2D eigenvalue weighted by Gasteiger charge is 2.10. The van der Waals surface area contributed by atoms with Crippen LogP contribution >= 0.6 is 11.6 Å². The largest absolute Gasteiger partial charge is 0.385 e. The Hall–Kier alpha value is -2.40. The molecule has 1 aromatic carbocycles. The molecule has 1 heterocycles. The van der Waals surface area contributed by atoms with E-state index < -0.39 is 5.82 Å². The van der Waals surface area contributed by atoms with E-state index in [0.29, 0.717) is 5.69 Å². The van der Waals surface area contributed by atoms with Crippen LogP contribution in [0.1, 0.15) is 42.6 Å². The fraction of sp³-hybridized carbons (Fsp3) is 0.300. The number of amides is 1. The van der Waals surface area contributed by atoms with Gasteiger partial charge in [-0.1, -0.05) is 23.3 Å². The number of hydrogen-bond acceptors (Lipinski definition) is 3. The maximum Gasteiger partial charge on any atom is 0.274 e. The van der Waals surface area contributed by atoms with E-state index in [-0.39, 0.29) is 16.6 Å². The Kier molecular flexibility index (Phi) is 6.23. The van der Waals surface area contributed by atoms with Crippen molar-refractivity contribution in [3.8, 4) is 0 Å². The zero-order valence-electron chi connectivity index (χ0n) is 14.4. The van der Waals surface area contributed by atoms with Gasteiger partial charge < -0.3 is 10.6 Å². The lowest BCUT2D eigenvalue weighted by Gasteiger charge is -2.13. The number of aromatic nitrogens is 1. The molecule has 0 bridgehead atoms. The average molecular weight is 374 g/mol. The number of nitrogens with zero attached hydrogens (tertiary/aromatic N) is 1. The van der Waals surface area contributed by atoms with Gasteiger partial charge in [0.1, 0.15) is 11.5 Å². The monoisotopic (exact) mass is 373 g/mol. The molecule has 0 radical (unpaired) electrons. The van der Waals surface area contributed by atoms with Crippen LogP contribution in [0.15, 0.2) is 48.2 Å². The molecule has 0 aliphatic heterocycles. The second-order valence-corrected chi connectivity index (χ2v) is 6.70. The number of anilines is 2. The summed E-state index contributed by atoms with van der Waals surface area (Å²) in [7, 11) is 0. The third-order valence-corrected chi connectivity index (χ3v) is 4.62. The lowest BCUT2D eigenvalue weighted by Crippen LogP contribution is -2.14. The smallest absolute Gasteiger partial charge is 0.274 e. The Labute approximate surface area is 157 Å². The zero-order valence-corrected chi connectivity index (χ0v) is 15.2. The average Bonchev–Trinajstić information content (AvgIpc) is 2.66. The fourth-order valence-electron chi connectivity index (χ4n) is 2.93. The topological polar surface area (TPSA) is 54.0 Å². The van der Waals surface area contributed by atoms with Crippen LogP contribution in [0.2, 0.25) is 5.02 Å². The first-order chi connectivity index (χ1) is 12.6. The van der Waals surface area contributed by atoms with Crippen LogP contribution < -0.4 is 10.6 Å². The summed E-state index contributed by atoms with van der Waals surface area (Å²) in [6.45, 7) is 0.824. The zero-order chi connectivity index (χ0) is 18.4. The molecule has 0 fully saturated rings. The second-order valence-electron chi connectivity index (χ2n) is 6.30. The van der Waals surface area contributed by atoms with Crippen molar-refractivity contribution >= 4 is 28.9 Å². The van der Waals surface area contributed by atoms with Crippen molar-refractivity contribution in [2.75, 3.05) is 17.2 Å². The van der Waals surface area contributed by atoms with E-state index in [2.05, 4.69) is 21.7 Å². The minimum absolute atomic E-state index is 0.0387. The third-order valence-electron chi connectivity index (χ3n) is 4.33. The molecule has 0 unspecified atom stereocenters. The highest BCUT2D eigenvalue weighted by molar-refractivity contribution is 6.31. The number of nitrogens with one attached hydrogen (secondary N) is 2. The number of allylic oxidation sites excluding steroid dienone is 1. The van der Waals surface area contributed by atoms with Gasteiger partial charge in [-0.05, 0) is 62.4 Å². The van der Waals surface area contributed by atoms with E-state index in [9.17, 15) is 9.18 Å². The maximum atomic E-state index is 13.2. The first-order valence-corrected chi connectivity index (χ1v) is 9.14. The van der Waals surface area contributed by atoms with Gasteiger partial charge in [0.2, 0.25) is 0 Å². The summed E-state index contributed by atoms with van der Waals surface area (Å²) in [5.41, 5.74) is 3.06. The van der Waals surface area contributed by atoms with Gasteiger partial charge in [-0.25, -0.2) is 4.39 Å². The molecule has 3 rings (SSSR count). The molecule has 6 heteroatoms. The summed E-state index contributed by atoms with van der Waals surface area (Å²) in [5, 5.41) is 5.97. The second kappa shape index (κ2) is 8.81. The molecule has 2 N–H and O–H groups in total. The van der Waals surface area contributed by atoms with Gasteiger partial charge in [0.15, 0.2) is 0 Å². The van der Waals surface area contributed by atoms with Gasteiger partial charge in [0, 0.05) is 24.1 Å². The van der Waals surface area contributed by atoms with E-state index in [1.54, 1.807) is 12.3 Å². The van der Waals surface area contributed by atoms with Crippen LogP contribution in [0, 0.1) is 5.82 Å². The Morgan fingerprint density at radius 1 is 1.19 bits per heavy atom. The molecule has 0 spiro atoms. The number of benzene rings is 1. The normalized spacial score (nSPS) is 13.8. The summed E-state index contributed by atoms with van der Waals surface area (Å²) in [6.07, 6.45) is 9.88. The summed E-state index contributed by atoms with van der Waals surface area (Å²) in [4.78, 5) is 16.4. The standard InChI is InChI=1S/C20H21ClFN3O/c21-17-12-16(6-7-18(17)22)25-20(26)19-13-15(9-11-24-19)23-10-8-14-4-2-1-3-5-14/h4,6-7,9,11-13H,1-3,5,8,10H2,(H,23,24)(H,25,26). The van der Waals surface area contributed by atoms with Gasteiger partial charge in [0.05, 0.1) is 5.02 Å². The Morgan fingerprint density at radius 3 is 2.85 bits per heavy atom. The Morgan fingerprint density at radius 2 is 2.08 bits per heavy atom. The summed E-state index contributed by atoms with van der Waals surface area (Å²) >= 11 is 5.73. The minimum Gasteiger partial charge on any atom is -0.385 e. The predicted molar refractivity (Wildman–Crippen MR) is 103 cm³/mol. The van der Waals surface area contributed by atoms with Crippen molar-refractivity contribution < 1.29 is 9.18 Å². The van der Waals surface area contributed by atoms with Crippen molar-refractivity contribution in [1.82, 2.24) is 4.98 Å². The molecule has 0 atom stereocenters. The molecular weight excluding hydrogens is 353 g/mol. The number of halogens is 2. The molecule has 4 nitrogen and oxygen atoms in total. The number of carbonyl (C=O) groups is 1. The Balaban J connectivity index is 1.58. The summed E-state index contributed by atoms with van der Waals surface area (Å²) in [6, 6.07) is 7.58. The van der Waals surface area contributed by atoms with E-state index in [1.807, 2.05) is 6.07 Å². The molecule has 1 aliphatic carbocycles. The number of carbonyl (C=O) groups excluding carboxylic acids is 1. The highest BCUT2D eigenvalue weighted by atomic mass is 35.5. The van der Waals surface area contributed by atoms with Crippen molar-refractivity contribution in [1.29, 1.82) is 0 Å². The Bertz CT molecular complexity index is 822. The number of pyridine rings is 1. The molecule has 1 aromatic heterocycles. The number of hydrogen-bond donors (Lipinski definition) is 2. The molecule has 26 heavy (non-hydrogen) atoms. The van der Waals surface area contributed by atoms with Gasteiger partial charge in [-0.15, -0.1) is 0 Å². The van der Waals surface area contributed by atoms with Gasteiger partial charge in [-0.3, -0.25) is 9.78 Å². The van der Waals surface area contributed by atoms with Crippen molar-refractivity contribution in [3.63, 3.8) is 0 Å². The molecule has 1 aliphatic rings. The van der Waals surface area contributed by atoms with Crippen LogP contribution in [0.5, 0.6) is 0 Å². The molecule has 136 valence electrons. The third kappa shape index (κ3) is 5.05. The van der Waals surface area contributed by atoms with Crippen LogP contribution in [0.25, 0.3) is 0 Å². The van der Waals surface area contributed by atoms with Crippen LogP contribution in [0.4, 0.5) is 15.8 Å². The highest BCUT2D eigenvalue weighted by Crippen LogP contribution is 2.21. The summed E-state index contributed by atoms with van der Waals surface area (Å²) in [5.74, 6) is -0.895. The van der Waals surface area contributed by atoms with Gasteiger partial charge in [0.25, 0.3) is 5.91 Å². The van der Waals surface area contributed by atoms with Crippen LogP contribution in [-0.4, -0.2) is 17.4 Å². The van der Waals surface area contributed by atoms with Crippen molar-refractivity contribution in [3.05, 3.63) is 64.7 Å². The molecule has 0 saturated heterocycles. The first-order valence-electron chi connectivity index (χ1n) is 8.76. The first kappa shape index (κ1) is 18.4. The van der Waals surface area contributed by atoms with Gasteiger partial charge >= 0.3 is 0 Å². The van der Waals surface area contributed by atoms with Crippen molar-refractivity contribution in [2.45, 2.75) is 32.1 Å². The van der Waals surface area contributed by atoms with E-state index in [4.69, 9.17) is 11.6 Å². The molecule has 1 amide bonds. The minimum atomic E-state index is -0.526. The molecule has 2 aromatic rings. The van der Waals surface area contributed by atoms with Crippen molar-refractivity contribution in [2.24, 2.45) is 0 Å². The lowest BCUT2D eigenvalue weighted by molar-refractivity contribution is 0.102. The fourth-order valence-corrected chi connectivity index (χ4v) is 3.11. The number of rotatable bonds is 6. The van der Waals surface area contributed by atoms with Crippen LogP contribution in [-0.2, 0) is 0 Å².